The molecule has 0 amide bonds. The van der Waals surface area contributed by atoms with E-state index < -0.39 is 11.6 Å². The minimum absolute atomic E-state index is 0.0349. The quantitative estimate of drug-likeness (QED) is 0.824. The first-order valence-corrected chi connectivity index (χ1v) is 8.08. The molecule has 0 N–H and O–H groups in total. The van der Waals surface area contributed by atoms with E-state index in [1.165, 1.54) is 18.2 Å². The van der Waals surface area contributed by atoms with Gasteiger partial charge in [-0.05, 0) is 42.9 Å². The predicted octanol–water partition coefficient (Wildman–Crippen LogP) is 4.53. The molecule has 1 saturated heterocycles. The lowest BCUT2D eigenvalue weighted by atomic mass is 9.85. The SMILES string of the molecule is CCc1nnc(Cl)c(-c2c(F)cccc2F)c1C1CCOCC1. The summed E-state index contributed by atoms with van der Waals surface area (Å²) in [6, 6.07) is 3.80. The van der Waals surface area contributed by atoms with Crippen molar-refractivity contribution in [2.75, 3.05) is 13.2 Å². The lowest BCUT2D eigenvalue weighted by Crippen LogP contribution is -2.18. The molecule has 0 aliphatic carbocycles. The molecule has 0 atom stereocenters. The Labute approximate surface area is 138 Å². The van der Waals surface area contributed by atoms with E-state index in [-0.39, 0.29) is 16.6 Å². The number of aromatic nitrogens is 2. The zero-order chi connectivity index (χ0) is 16.4. The Bertz CT molecular complexity index is 698. The molecule has 2 aromatic rings. The van der Waals surface area contributed by atoms with Crippen molar-refractivity contribution in [2.45, 2.75) is 32.1 Å². The van der Waals surface area contributed by atoms with E-state index >= 15 is 0 Å². The second kappa shape index (κ2) is 6.89. The van der Waals surface area contributed by atoms with Gasteiger partial charge in [0.05, 0.1) is 11.3 Å². The molecule has 1 fully saturated rings. The van der Waals surface area contributed by atoms with Crippen LogP contribution >= 0.6 is 11.6 Å². The van der Waals surface area contributed by atoms with Crippen LogP contribution in [0, 0.1) is 11.6 Å². The number of hydrogen-bond acceptors (Lipinski definition) is 3. The van der Waals surface area contributed by atoms with E-state index in [0.717, 1.165) is 24.1 Å². The number of halogens is 3. The predicted molar refractivity (Wildman–Crippen MR) is 84.6 cm³/mol. The highest BCUT2D eigenvalue weighted by Crippen LogP contribution is 2.41. The molecule has 1 aliphatic rings. The first kappa shape index (κ1) is 16.3. The van der Waals surface area contributed by atoms with E-state index in [0.29, 0.717) is 25.2 Å². The molecule has 0 saturated carbocycles. The van der Waals surface area contributed by atoms with Crippen LogP contribution in [0.1, 0.15) is 36.9 Å². The summed E-state index contributed by atoms with van der Waals surface area (Å²) in [5.74, 6) is -1.17. The maximum Gasteiger partial charge on any atom is 0.160 e. The van der Waals surface area contributed by atoms with Crippen LogP contribution < -0.4 is 0 Å². The minimum Gasteiger partial charge on any atom is -0.381 e. The zero-order valence-electron chi connectivity index (χ0n) is 12.8. The highest BCUT2D eigenvalue weighted by atomic mass is 35.5. The molecule has 0 radical (unpaired) electrons. The monoisotopic (exact) mass is 338 g/mol. The molecule has 1 aliphatic heterocycles. The summed E-state index contributed by atoms with van der Waals surface area (Å²) >= 11 is 6.22. The van der Waals surface area contributed by atoms with Gasteiger partial charge in [-0.1, -0.05) is 24.6 Å². The lowest BCUT2D eigenvalue weighted by molar-refractivity contribution is 0.0851. The average Bonchev–Trinajstić information content (AvgIpc) is 2.56. The van der Waals surface area contributed by atoms with Crippen molar-refractivity contribution in [1.82, 2.24) is 10.2 Å². The first-order chi connectivity index (χ1) is 11.1. The van der Waals surface area contributed by atoms with Crippen LogP contribution in [-0.2, 0) is 11.2 Å². The van der Waals surface area contributed by atoms with E-state index in [1.54, 1.807) is 0 Å². The number of ether oxygens (including phenoxy) is 1. The van der Waals surface area contributed by atoms with Crippen molar-refractivity contribution in [3.63, 3.8) is 0 Å². The van der Waals surface area contributed by atoms with Gasteiger partial charge >= 0.3 is 0 Å². The van der Waals surface area contributed by atoms with Gasteiger partial charge in [0, 0.05) is 18.8 Å². The van der Waals surface area contributed by atoms with Crippen molar-refractivity contribution >= 4 is 11.6 Å². The molecule has 1 aromatic carbocycles. The van der Waals surface area contributed by atoms with Crippen LogP contribution in [0.25, 0.3) is 11.1 Å². The lowest BCUT2D eigenvalue weighted by Gasteiger charge is -2.26. The average molecular weight is 339 g/mol. The zero-order valence-corrected chi connectivity index (χ0v) is 13.5. The summed E-state index contributed by atoms with van der Waals surface area (Å²) in [6.45, 7) is 3.18. The Morgan fingerprint density at radius 3 is 2.39 bits per heavy atom. The summed E-state index contributed by atoms with van der Waals surface area (Å²) in [6.07, 6.45) is 2.18. The van der Waals surface area contributed by atoms with Crippen molar-refractivity contribution in [3.05, 3.63) is 46.2 Å². The maximum absolute atomic E-state index is 14.3. The van der Waals surface area contributed by atoms with Crippen LogP contribution in [0.3, 0.4) is 0 Å². The first-order valence-electron chi connectivity index (χ1n) is 7.70. The fourth-order valence-electron chi connectivity index (χ4n) is 3.13. The Kier molecular flexibility index (Phi) is 4.87. The molecule has 6 heteroatoms. The third-order valence-electron chi connectivity index (χ3n) is 4.22. The molecule has 122 valence electrons. The number of rotatable bonds is 3. The number of benzene rings is 1. The van der Waals surface area contributed by atoms with Crippen LogP contribution in [0.2, 0.25) is 5.15 Å². The second-order valence-corrected chi connectivity index (χ2v) is 5.92. The minimum atomic E-state index is -0.643. The maximum atomic E-state index is 14.3. The summed E-state index contributed by atoms with van der Waals surface area (Å²) < 4.78 is 34.1. The molecule has 3 rings (SSSR count). The van der Waals surface area contributed by atoms with Gasteiger partial charge in [-0.2, -0.15) is 5.10 Å². The molecule has 1 aromatic heterocycles. The molecular weight excluding hydrogens is 322 g/mol. The van der Waals surface area contributed by atoms with Gasteiger partial charge in [0.1, 0.15) is 11.6 Å². The number of hydrogen-bond donors (Lipinski definition) is 0. The normalized spacial score (nSPS) is 15.8. The molecular formula is C17H17ClF2N2O. The van der Waals surface area contributed by atoms with E-state index in [4.69, 9.17) is 16.3 Å². The molecule has 23 heavy (non-hydrogen) atoms. The fraction of sp³-hybridized carbons (Fsp3) is 0.412. The largest absolute Gasteiger partial charge is 0.381 e. The van der Waals surface area contributed by atoms with Gasteiger partial charge in [0.25, 0.3) is 0 Å². The van der Waals surface area contributed by atoms with Gasteiger partial charge in [-0.3, -0.25) is 0 Å². The van der Waals surface area contributed by atoms with Crippen molar-refractivity contribution < 1.29 is 13.5 Å². The Morgan fingerprint density at radius 1 is 1.13 bits per heavy atom. The van der Waals surface area contributed by atoms with Gasteiger partial charge in [-0.15, -0.1) is 5.10 Å². The second-order valence-electron chi connectivity index (χ2n) is 5.56. The molecule has 3 nitrogen and oxygen atoms in total. The third-order valence-corrected chi connectivity index (χ3v) is 4.49. The summed E-state index contributed by atoms with van der Waals surface area (Å²) in [4.78, 5) is 0. The number of aryl methyl sites for hydroxylation is 1. The summed E-state index contributed by atoms with van der Waals surface area (Å²) in [5.41, 5.74) is 1.75. The molecule has 0 bridgehead atoms. The van der Waals surface area contributed by atoms with Gasteiger partial charge in [0.15, 0.2) is 5.15 Å². The highest BCUT2D eigenvalue weighted by Gasteiger charge is 2.28. The summed E-state index contributed by atoms with van der Waals surface area (Å²) in [7, 11) is 0. The van der Waals surface area contributed by atoms with Gasteiger partial charge < -0.3 is 4.74 Å². The van der Waals surface area contributed by atoms with E-state index in [1.807, 2.05) is 6.92 Å². The van der Waals surface area contributed by atoms with Crippen LogP contribution in [0.15, 0.2) is 18.2 Å². The fourth-order valence-corrected chi connectivity index (χ4v) is 3.36. The smallest absolute Gasteiger partial charge is 0.160 e. The van der Waals surface area contributed by atoms with Crippen LogP contribution in [0.5, 0.6) is 0 Å². The Morgan fingerprint density at radius 2 is 1.78 bits per heavy atom. The number of nitrogens with zero attached hydrogens (tertiary/aromatic N) is 2. The van der Waals surface area contributed by atoms with E-state index in [2.05, 4.69) is 10.2 Å². The molecule has 2 heterocycles. The summed E-state index contributed by atoms with van der Waals surface area (Å²) in [5, 5.41) is 8.10. The standard InChI is InChI=1S/C17H17ClF2N2O/c1-2-13-14(10-6-8-23-9-7-10)16(17(18)22-21-13)15-11(19)4-3-5-12(15)20/h3-5,10H,2,6-9H2,1H3. The van der Waals surface area contributed by atoms with Crippen molar-refractivity contribution in [3.8, 4) is 11.1 Å². The molecule has 0 unspecified atom stereocenters. The van der Waals surface area contributed by atoms with Gasteiger partial charge in [-0.25, -0.2) is 8.78 Å². The Hall–Kier alpha value is -1.59. The van der Waals surface area contributed by atoms with Crippen LogP contribution in [-0.4, -0.2) is 23.4 Å². The van der Waals surface area contributed by atoms with Crippen molar-refractivity contribution in [2.24, 2.45) is 0 Å². The Balaban J connectivity index is 2.26. The van der Waals surface area contributed by atoms with Crippen LogP contribution in [0.4, 0.5) is 8.78 Å². The molecule has 0 spiro atoms. The van der Waals surface area contributed by atoms with E-state index in [9.17, 15) is 8.78 Å². The highest BCUT2D eigenvalue weighted by molar-refractivity contribution is 6.32. The van der Waals surface area contributed by atoms with Gasteiger partial charge in [0.2, 0.25) is 0 Å². The topological polar surface area (TPSA) is 35.0 Å². The van der Waals surface area contributed by atoms with Crippen molar-refractivity contribution in [1.29, 1.82) is 0 Å². The third kappa shape index (κ3) is 3.08.